The summed E-state index contributed by atoms with van der Waals surface area (Å²) in [7, 11) is 1.86. The molecule has 0 unspecified atom stereocenters. The summed E-state index contributed by atoms with van der Waals surface area (Å²) in [6.45, 7) is 0.870. The molecule has 2 aromatic rings. The van der Waals surface area contributed by atoms with Crippen LogP contribution in [0.4, 0.5) is 4.79 Å². The van der Waals surface area contributed by atoms with Gasteiger partial charge in [-0.1, -0.05) is 36.4 Å². The fraction of sp³-hybridized carbons (Fsp3) is 0.368. The van der Waals surface area contributed by atoms with Crippen molar-refractivity contribution in [3.05, 3.63) is 59.8 Å². The molecule has 0 saturated heterocycles. The number of aromatic nitrogens is 1. The Labute approximate surface area is 142 Å². The van der Waals surface area contributed by atoms with Crippen molar-refractivity contribution in [1.82, 2.24) is 15.2 Å². The highest BCUT2D eigenvalue weighted by Crippen LogP contribution is 2.23. The van der Waals surface area contributed by atoms with Crippen molar-refractivity contribution in [1.29, 1.82) is 0 Å². The van der Waals surface area contributed by atoms with Gasteiger partial charge in [0.1, 0.15) is 6.61 Å². The van der Waals surface area contributed by atoms with E-state index in [0.29, 0.717) is 25.1 Å². The maximum atomic E-state index is 12.2. The molecule has 0 radical (unpaired) electrons. The Kier molecular flexibility index (Phi) is 5.31. The average Bonchev–Trinajstić information content (AvgIpc) is 2.58. The topological polar surface area (TPSA) is 54.5 Å². The lowest BCUT2D eigenvalue weighted by molar-refractivity contribution is 0.157. The number of benzene rings is 1. The van der Waals surface area contributed by atoms with E-state index in [1.807, 2.05) is 49.5 Å². The van der Waals surface area contributed by atoms with Gasteiger partial charge in [0, 0.05) is 31.4 Å². The predicted molar refractivity (Wildman–Crippen MR) is 92.6 cm³/mol. The molecule has 1 aromatic heterocycles. The molecule has 3 rings (SSSR count). The van der Waals surface area contributed by atoms with E-state index in [-0.39, 0.29) is 6.03 Å². The van der Waals surface area contributed by atoms with Crippen molar-refractivity contribution in [2.24, 2.45) is 0 Å². The van der Waals surface area contributed by atoms with Crippen LogP contribution in [0, 0.1) is 0 Å². The minimum atomic E-state index is -0.0439. The Bertz CT molecular complexity index is 671. The van der Waals surface area contributed by atoms with Crippen molar-refractivity contribution in [2.75, 3.05) is 7.05 Å². The standard InChI is InChI=1S/C19H23N3O2/c1-22(17-10-5-11-17)19(23)21-13-16-9-6-12-20-18(16)24-14-15-7-3-2-4-8-15/h2-4,6-9,12,17H,5,10-11,13-14H2,1H3,(H,21,23). The summed E-state index contributed by atoms with van der Waals surface area (Å²) in [5, 5.41) is 2.95. The van der Waals surface area contributed by atoms with Gasteiger partial charge in [-0.2, -0.15) is 0 Å². The third-order valence-corrected chi connectivity index (χ3v) is 4.44. The molecule has 0 aliphatic heterocycles. The number of nitrogens with one attached hydrogen (secondary N) is 1. The van der Waals surface area contributed by atoms with Gasteiger partial charge in [0.05, 0.1) is 0 Å². The first-order valence-electron chi connectivity index (χ1n) is 8.35. The molecule has 0 spiro atoms. The number of hydrogen-bond donors (Lipinski definition) is 1. The lowest BCUT2D eigenvalue weighted by Crippen LogP contribution is -2.46. The molecule has 126 valence electrons. The molecule has 1 saturated carbocycles. The zero-order valence-corrected chi connectivity index (χ0v) is 13.9. The maximum absolute atomic E-state index is 12.2. The van der Waals surface area contributed by atoms with Crippen LogP contribution < -0.4 is 10.1 Å². The molecule has 1 aliphatic carbocycles. The predicted octanol–water partition coefficient (Wildman–Crippen LogP) is 3.35. The number of carbonyl (C=O) groups excluding carboxylic acids is 1. The SMILES string of the molecule is CN(C(=O)NCc1cccnc1OCc1ccccc1)C1CCC1. The number of urea groups is 1. The number of rotatable bonds is 6. The average molecular weight is 325 g/mol. The molecule has 2 amide bonds. The third kappa shape index (κ3) is 4.04. The number of nitrogens with zero attached hydrogens (tertiary/aromatic N) is 2. The highest BCUT2D eigenvalue weighted by Gasteiger charge is 2.25. The maximum Gasteiger partial charge on any atom is 0.317 e. The first-order valence-corrected chi connectivity index (χ1v) is 8.35. The summed E-state index contributed by atoms with van der Waals surface area (Å²) in [5.41, 5.74) is 1.96. The molecule has 0 atom stereocenters. The van der Waals surface area contributed by atoms with Crippen LogP contribution in [0.1, 0.15) is 30.4 Å². The van der Waals surface area contributed by atoms with Gasteiger partial charge >= 0.3 is 6.03 Å². The van der Waals surface area contributed by atoms with Gasteiger partial charge in [0.25, 0.3) is 0 Å². The van der Waals surface area contributed by atoms with Crippen LogP contribution in [0.2, 0.25) is 0 Å². The van der Waals surface area contributed by atoms with Crippen LogP contribution in [-0.2, 0) is 13.2 Å². The molecule has 1 aliphatic rings. The lowest BCUT2D eigenvalue weighted by atomic mass is 9.92. The molecule has 5 nitrogen and oxygen atoms in total. The van der Waals surface area contributed by atoms with Crippen LogP contribution in [0.5, 0.6) is 5.88 Å². The van der Waals surface area contributed by atoms with Gasteiger partial charge in [0.2, 0.25) is 5.88 Å². The summed E-state index contributed by atoms with van der Waals surface area (Å²) in [6, 6.07) is 14.1. The first-order chi connectivity index (χ1) is 11.7. The Morgan fingerprint density at radius 3 is 2.75 bits per heavy atom. The van der Waals surface area contributed by atoms with Gasteiger partial charge in [0.15, 0.2) is 0 Å². The monoisotopic (exact) mass is 325 g/mol. The molecule has 24 heavy (non-hydrogen) atoms. The number of pyridine rings is 1. The van der Waals surface area contributed by atoms with Gasteiger partial charge in [-0.05, 0) is 30.9 Å². The molecule has 1 heterocycles. The minimum Gasteiger partial charge on any atom is -0.473 e. The van der Waals surface area contributed by atoms with Gasteiger partial charge in [-0.25, -0.2) is 9.78 Å². The van der Waals surface area contributed by atoms with E-state index >= 15 is 0 Å². The molecule has 5 heteroatoms. The minimum absolute atomic E-state index is 0.0439. The molecule has 1 N–H and O–H groups in total. The number of carbonyl (C=O) groups is 1. The van der Waals surface area contributed by atoms with E-state index in [2.05, 4.69) is 10.3 Å². The normalized spacial score (nSPS) is 13.9. The van der Waals surface area contributed by atoms with Crippen molar-refractivity contribution in [3.8, 4) is 5.88 Å². The molecular formula is C19H23N3O2. The summed E-state index contributed by atoms with van der Waals surface area (Å²) in [6.07, 6.45) is 5.11. The van der Waals surface area contributed by atoms with Crippen LogP contribution in [-0.4, -0.2) is 29.0 Å². The largest absolute Gasteiger partial charge is 0.473 e. The number of hydrogen-bond acceptors (Lipinski definition) is 3. The van der Waals surface area contributed by atoms with Crippen LogP contribution in [0.15, 0.2) is 48.7 Å². The van der Waals surface area contributed by atoms with Crippen molar-refractivity contribution in [2.45, 2.75) is 38.5 Å². The summed E-state index contributed by atoms with van der Waals surface area (Å²) in [5.74, 6) is 0.563. The van der Waals surface area contributed by atoms with E-state index in [1.54, 1.807) is 11.1 Å². The van der Waals surface area contributed by atoms with E-state index in [1.165, 1.54) is 6.42 Å². The second kappa shape index (κ2) is 7.81. The Morgan fingerprint density at radius 2 is 2.04 bits per heavy atom. The second-order valence-corrected chi connectivity index (χ2v) is 6.10. The zero-order valence-electron chi connectivity index (χ0n) is 13.9. The first kappa shape index (κ1) is 16.3. The molecule has 1 fully saturated rings. The lowest BCUT2D eigenvalue weighted by Gasteiger charge is -2.34. The van der Waals surface area contributed by atoms with Gasteiger partial charge in [-0.15, -0.1) is 0 Å². The van der Waals surface area contributed by atoms with Crippen LogP contribution in [0.3, 0.4) is 0 Å². The number of amides is 2. The Morgan fingerprint density at radius 1 is 1.25 bits per heavy atom. The van der Waals surface area contributed by atoms with Gasteiger partial charge < -0.3 is 15.0 Å². The van der Waals surface area contributed by atoms with Gasteiger partial charge in [-0.3, -0.25) is 0 Å². The van der Waals surface area contributed by atoms with E-state index in [9.17, 15) is 4.79 Å². The Hall–Kier alpha value is -2.56. The smallest absolute Gasteiger partial charge is 0.317 e. The summed E-state index contributed by atoms with van der Waals surface area (Å²) >= 11 is 0. The quantitative estimate of drug-likeness (QED) is 0.886. The van der Waals surface area contributed by atoms with Crippen LogP contribution in [0.25, 0.3) is 0 Å². The second-order valence-electron chi connectivity index (χ2n) is 6.10. The fourth-order valence-electron chi connectivity index (χ4n) is 2.65. The van der Waals surface area contributed by atoms with Crippen molar-refractivity contribution >= 4 is 6.03 Å². The zero-order chi connectivity index (χ0) is 16.8. The van der Waals surface area contributed by atoms with E-state index in [0.717, 1.165) is 24.0 Å². The molecule has 0 bridgehead atoms. The summed E-state index contributed by atoms with van der Waals surface area (Å²) < 4.78 is 5.82. The summed E-state index contributed by atoms with van der Waals surface area (Å²) in [4.78, 5) is 18.3. The van der Waals surface area contributed by atoms with Crippen molar-refractivity contribution < 1.29 is 9.53 Å². The third-order valence-electron chi connectivity index (χ3n) is 4.44. The van der Waals surface area contributed by atoms with Crippen molar-refractivity contribution in [3.63, 3.8) is 0 Å². The van der Waals surface area contributed by atoms with E-state index < -0.39 is 0 Å². The van der Waals surface area contributed by atoms with E-state index in [4.69, 9.17) is 4.74 Å². The molecule has 1 aromatic carbocycles. The fourth-order valence-corrected chi connectivity index (χ4v) is 2.65. The highest BCUT2D eigenvalue weighted by atomic mass is 16.5. The number of ether oxygens (including phenoxy) is 1. The van der Waals surface area contributed by atoms with Crippen LogP contribution >= 0.6 is 0 Å². The molecular weight excluding hydrogens is 302 g/mol. The highest BCUT2D eigenvalue weighted by molar-refractivity contribution is 5.74. The Balaban J connectivity index is 1.56.